The first kappa shape index (κ1) is 9.04. The molecule has 0 saturated heterocycles. The SMILES string of the molecule is CCCC[IH]c1ccccc1. The quantitative estimate of drug-likeness (QED) is 0.443. The molecule has 1 rings (SSSR count). The van der Waals surface area contributed by atoms with Gasteiger partial charge in [0, 0.05) is 0 Å². The van der Waals surface area contributed by atoms with E-state index in [0.717, 1.165) is 0 Å². The Bertz CT molecular complexity index is 181. The van der Waals surface area contributed by atoms with Crippen molar-refractivity contribution in [3.05, 3.63) is 33.9 Å². The second-order valence-corrected chi connectivity index (χ2v) is 5.85. The van der Waals surface area contributed by atoms with Gasteiger partial charge in [0.05, 0.1) is 0 Å². The summed E-state index contributed by atoms with van der Waals surface area (Å²) < 4.78 is 3.07. The van der Waals surface area contributed by atoms with Crippen molar-refractivity contribution in [1.29, 1.82) is 0 Å². The number of hydrogen-bond acceptors (Lipinski definition) is 0. The van der Waals surface area contributed by atoms with Crippen LogP contribution in [0.25, 0.3) is 0 Å². The molecule has 0 N–H and O–H groups in total. The predicted molar refractivity (Wildman–Crippen MR) is 60.3 cm³/mol. The molecule has 0 aliphatic carbocycles. The van der Waals surface area contributed by atoms with Gasteiger partial charge in [-0.2, -0.15) is 0 Å². The van der Waals surface area contributed by atoms with E-state index in [1.54, 1.807) is 3.57 Å². The van der Waals surface area contributed by atoms with Crippen molar-refractivity contribution in [2.75, 3.05) is 4.43 Å². The zero-order chi connectivity index (χ0) is 7.94. The molecule has 0 radical (unpaired) electrons. The first-order chi connectivity index (χ1) is 5.43. The van der Waals surface area contributed by atoms with Crippen LogP contribution in [0.4, 0.5) is 0 Å². The second kappa shape index (κ2) is 5.58. The molecule has 0 aliphatic rings. The average molecular weight is 262 g/mol. The summed E-state index contributed by atoms with van der Waals surface area (Å²) in [6.45, 7) is 2.26. The number of rotatable bonds is 4. The van der Waals surface area contributed by atoms with Crippen molar-refractivity contribution in [3.8, 4) is 0 Å². The van der Waals surface area contributed by atoms with E-state index in [0.29, 0.717) is 0 Å². The van der Waals surface area contributed by atoms with Crippen LogP contribution in [0.5, 0.6) is 0 Å². The second-order valence-electron chi connectivity index (χ2n) is 2.52. The summed E-state index contributed by atoms with van der Waals surface area (Å²) in [7, 11) is 0. The molecule has 0 amide bonds. The molecule has 1 aromatic rings. The van der Waals surface area contributed by atoms with Crippen LogP contribution < -0.4 is 0 Å². The topological polar surface area (TPSA) is 0 Å². The molecule has 1 heteroatoms. The van der Waals surface area contributed by atoms with Gasteiger partial charge in [0.2, 0.25) is 0 Å². The van der Waals surface area contributed by atoms with Crippen LogP contribution in [0, 0.1) is 3.57 Å². The van der Waals surface area contributed by atoms with Gasteiger partial charge in [-0.3, -0.25) is 0 Å². The molecule has 0 heterocycles. The third kappa shape index (κ3) is 3.75. The van der Waals surface area contributed by atoms with Crippen molar-refractivity contribution in [3.63, 3.8) is 0 Å². The summed E-state index contributed by atoms with van der Waals surface area (Å²) in [5, 5.41) is 0. The molecule has 0 bridgehead atoms. The van der Waals surface area contributed by atoms with E-state index in [1.807, 2.05) is 0 Å². The van der Waals surface area contributed by atoms with Crippen LogP contribution in [-0.4, -0.2) is 4.43 Å². The molecule has 0 aromatic heterocycles. The summed E-state index contributed by atoms with van der Waals surface area (Å²) in [5.74, 6) is 0. The van der Waals surface area contributed by atoms with Gasteiger partial charge >= 0.3 is 79.3 Å². The van der Waals surface area contributed by atoms with Crippen LogP contribution in [0.2, 0.25) is 0 Å². The molecular weight excluding hydrogens is 247 g/mol. The van der Waals surface area contributed by atoms with E-state index in [-0.39, 0.29) is 21.2 Å². The summed E-state index contributed by atoms with van der Waals surface area (Å²) in [6.07, 6.45) is 2.76. The van der Waals surface area contributed by atoms with E-state index in [1.165, 1.54) is 17.3 Å². The van der Waals surface area contributed by atoms with E-state index >= 15 is 0 Å². The molecule has 0 nitrogen and oxygen atoms in total. The third-order valence-corrected chi connectivity index (χ3v) is 4.64. The molecule has 0 saturated carbocycles. The van der Waals surface area contributed by atoms with Crippen molar-refractivity contribution >= 4 is 21.2 Å². The average Bonchev–Trinajstić information content (AvgIpc) is 2.07. The number of halogens is 1. The molecule has 0 atom stereocenters. The summed E-state index contributed by atoms with van der Waals surface area (Å²) in [5.41, 5.74) is 0. The molecule has 0 aliphatic heterocycles. The standard InChI is InChI=1S/C10H15I/c1-2-3-9-11-10-7-5-4-6-8-10/h4-8,11H,2-3,9H2,1H3. The van der Waals surface area contributed by atoms with Crippen LogP contribution in [-0.2, 0) is 0 Å². The van der Waals surface area contributed by atoms with Gasteiger partial charge in [-0.1, -0.05) is 0 Å². The van der Waals surface area contributed by atoms with Crippen molar-refractivity contribution in [2.45, 2.75) is 19.8 Å². The molecule has 0 fully saturated rings. The predicted octanol–water partition coefficient (Wildman–Crippen LogP) is 3.36. The Kier molecular flexibility index (Phi) is 4.59. The molecule has 0 unspecified atom stereocenters. The summed E-state index contributed by atoms with van der Waals surface area (Å²) in [6, 6.07) is 10.9. The fraction of sp³-hybridized carbons (Fsp3) is 0.400. The van der Waals surface area contributed by atoms with Crippen molar-refractivity contribution < 1.29 is 0 Å². The molecule has 11 heavy (non-hydrogen) atoms. The number of benzene rings is 1. The van der Waals surface area contributed by atoms with Gasteiger partial charge < -0.3 is 0 Å². The van der Waals surface area contributed by atoms with Crippen molar-refractivity contribution in [2.24, 2.45) is 0 Å². The van der Waals surface area contributed by atoms with E-state index < -0.39 is 0 Å². The Hall–Kier alpha value is -0.0500. The van der Waals surface area contributed by atoms with Gasteiger partial charge in [-0.25, -0.2) is 0 Å². The van der Waals surface area contributed by atoms with Gasteiger partial charge in [-0.15, -0.1) is 0 Å². The summed E-state index contributed by atoms with van der Waals surface area (Å²) in [4.78, 5) is 0. The summed E-state index contributed by atoms with van der Waals surface area (Å²) >= 11 is 0.152. The van der Waals surface area contributed by atoms with Gasteiger partial charge in [0.15, 0.2) is 0 Å². The molecule has 1 aromatic carbocycles. The minimum absolute atomic E-state index is 0.152. The molecular formula is C10H15I. The number of alkyl halides is 1. The third-order valence-electron chi connectivity index (χ3n) is 1.51. The van der Waals surface area contributed by atoms with Crippen LogP contribution in [0.15, 0.2) is 30.3 Å². The first-order valence-electron chi connectivity index (χ1n) is 4.11. The van der Waals surface area contributed by atoms with Crippen LogP contribution in [0.1, 0.15) is 19.8 Å². The maximum absolute atomic E-state index is 2.26. The van der Waals surface area contributed by atoms with Gasteiger partial charge in [0.25, 0.3) is 0 Å². The Morgan fingerprint density at radius 2 is 1.91 bits per heavy atom. The molecule has 62 valence electrons. The Balaban J connectivity index is 2.28. The Morgan fingerprint density at radius 3 is 2.55 bits per heavy atom. The van der Waals surface area contributed by atoms with E-state index in [2.05, 4.69) is 37.3 Å². The molecule has 0 spiro atoms. The van der Waals surface area contributed by atoms with E-state index in [4.69, 9.17) is 0 Å². The normalized spacial score (nSPS) is 10.3. The number of unbranched alkanes of at least 4 members (excludes halogenated alkanes) is 1. The zero-order valence-electron chi connectivity index (χ0n) is 6.92. The monoisotopic (exact) mass is 262 g/mol. The minimum atomic E-state index is 0.152. The van der Waals surface area contributed by atoms with Gasteiger partial charge in [-0.05, 0) is 0 Å². The van der Waals surface area contributed by atoms with Crippen LogP contribution in [0.3, 0.4) is 0 Å². The Labute approximate surface area is 79.3 Å². The van der Waals surface area contributed by atoms with E-state index in [9.17, 15) is 0 Å². The fourth-order valence-corrected chi connectivity index (χ4v) is 3.76. The van der Waals surface area contributed by atoms with Gasteiger partial charge in [0.1, 0.15) is 0 Å². The zero-order valence-corrected chi connectivity index (χ0v) is 9.25. The Morgan fingerprint density at radius 1 is 1.18 bits per heavy atom. The number of hydrogen-bond donors (Lipinski definition) is 0. The maximum atomic E-state index is 2.26. The fourth-order valence-electron chi connectivity index (χ4n) is 0.851. The van der Waals surface area contributed by atoms with Crippen LogP contribution >= 0.6 is 21.2 Å². The van der Waals surface area contributed by atoms with Crippen molar-refractivity contribution in [1.82, 2.24) is 0 Å². The first-order valence-corrected chi connectivity index (χ1v) is 6.92.